The largest absolute Gasteiger partial charge is 0.296 e. The number of nitrogens with zero attached hydrogens (tertiary/aromatic N) is 2. The number of hydrogen-bond acceptors (Lipinski definition) is 2. The second-order valence-corrected chi connectivity index (χ2v) is 4.09. The van der Waals surface area contributed by atoms with Gasteiger partial charge in [-0.05, 0) is 24.6 Å². The molecule has 0 saturated heterocycles. The Hall–Kier alpha value is -2.43. The van der Waals surface area contributed by atoms with Crippen LogP contribution in [0.5, 0.6) is 0 Å². The summed E-state index contributed by atoms with van der Waals surface area (Å²) in [6, 6.07) is 7.64. The van der Waals surface area contributed by atoms with E-state index in [0.29, 0.717) is 22.5 Å². The van der Waals surface area contributed by atoms with Gasteiger partial charge in [0.1, 0.15) is 5.82 Å². The summed E-state index contributed by atoms with van der Waals surface area (Å²) >= 11 is 0. The quantitative estimate of drug-likeness (QED) is 0.711. The Morgan fingerprint density at radius 2 is 2.17 bits per heavy atom. The summed E-state index contributed by atoms with van der Waals surface area (Å²) in [7, 11) is 0. The molecular formula is C13H10FN3O. The van der Waals surface area contributed by atoms with Gasteiger partial charge < -0.3 is 0 Å². The highest BCUT2D eigenvalue weighted by atomic mass is 19.1. The van der Waals surface area contributed by atoms with E-state index in [1.54, 1.807) is 25.3 Å². The van der Waals surface area contributed by atoms with Crippen LogP contribution in [-0.2, 0) is 0 Å². The number of nitrogens with one attached hydrogen (secondary N) is 1. The molecule has 0 aliphatic carbocycles. The van der Waals surface area contributed by atoms with Crippen LogP contribution in [0.2, 0.25) is 0 Å². The molecule has 0 fully saturated rings. The first-order valence-corrected chi connectivity index (χ1v) is 5.49. The van der Waals surface area contributed by atoms with E-state index in [1.807, 2.05) is 0 Å². The second-order valence-electron chi connectivity index (χ2n) is 4.09. The lowest BCUT2D eigenvalue weighted by molar-refractivity contribution is 0.628. The first-order chi connectivity index (χ1) is 8.65. The lowest BCUT2D eigenvalue weighted by atomic mass is 10.1. The minimum Gasteiger partial charge on any atom is -0.296 e. The van der Waals surface area contributed by atoms with Gasteiger partial charge in [0.05, 0.1) is 0 Å². The zero-order valence-electron chi connectivity index (χ0n) is 9.64. The summed E-state index contributed by atoms with van der Waals surface area (Å²) in [6.07, 6.45) is 1.65. The number of benzene rings is 1. The molecule has 0 bridgehead atoms. The first-order valence-electron chi connectivity index (χ1n) is 5.49. The maximum absolute atomic E-state index is 13.2. The molecule has 0 spiro atoms. The highest BCUT2D eigenvalue weighted by Gasteiger charge is 2.09. The third-order valence-electron chi connectivity index (χ3n) is 2.76. The molecule has 0 aliphatic rings. The smallest absolute Gasteiger partial charge is 0.272 e. The fraction of sp³-hybridized carbons (Fsp3) is 0.0769. The summed E-state index contributed by atoms with van der Waals surface area (Å²) in [5.74, 6) is -0.318. The van der Waals surface area contributed by atoms with E-state index in [9.17, 15) is 9.18 Å². The van der Waals surface area contributed by atoms with Gasteiger partial charge in [0.15, 0.2) is 5.65 Å². The number of fused-ring (bicyclic) bond motifs is 1. The van der Waals surface area contributed by atoms with Crippen molar-refractivity contribution in [3.05, 3.63) is 58.4 Å². The average Bonchev–Trinajstić information content (AvgIpc) is 2.72. The molecule has 2 heterocycles. The fourth-order valence-electron chi connectivity index (χ4n) is 1.96. The number of aryl methyl sites for hydroxylation is 1. The molecule has 18 heavy (non-hydrogen) atoms. The molecule has 0 aliphatic heterocycles. The highest BCUT2D eigenvalue weighted by molar-refractivity contribution is 5.76. The Bertz CT molecular complexity index is 788. The number of aromatic amines is 1. The zero-order valence-corrected chi connectivity index (χ0v) is 9.64. The van der Waals surface area contributed by atoms with Gasteiger partial charge in [0.2, 0.25) is 0 Å². The summed E-state index contributed by atoms with van der Waals surface area (Å²) in [5, 5.41) is 2.82. The molecule has 0 radical (unpaired) electrons. The minimum absolute atomic E-state index is 0.180. The van der Waals surface area contributed by atoms with Crippen molar-refractivity contribution < 1.29 is 4.39 Å². The number of aromatic nitrogens is 3. The molecule has 2 aromatic heterocycles. The van der Waals surface area contributed by atoms with Crippen LogP contribution in [0.15, 0.2) is 41.3 Å². The van der Waals surface area contributed by atoms with Crippen molar-refractivity contribution in [2.45, 2.75) is 6.92 Å². The van der Waals surface area contributed by atoms with Gasteiger partial charge in [-0.3, -0.25) is 9.89 Å². The molecule has 0 atom stereocenters. The standard InChI is InChI=1S/C13H10FN3O/c1-8-5-12(18)17-13(16-8)11(7-15-17)9-3-2-4-10(14)6-9/h2-7,15H,1H3. The Morgan fingerprint density at radius 3 is 2.94 bits per heavy atom. The summed E-state index contributed by atoms with van der Waals surface area (Å²) in [5.41, 5.74) is 2.35. The van der Waals surface area contributed by atoms with Crippen LogP contribution in [0, 0.1) is 12.7 Å². The number of halogens is 1. The van der Waals surface area contributed by atoms with Crippen LogP contribution in [0.1, 0.15) is 5.69 Å². The van der Waals surface area contributed by atoms with E-state index in [4.69, 9.17) is 0 Å². The van der Waals surface area contributed by atoms with E-state index in [0.717, 1.165) is 0 Å². The third-order valence-corrected chi connectivity index (χ3v) is 2.76. The molecule has 90 valence electrons. The number of hydrogen-bond donors (Lipinski definition) is 1. The van der Waals surface area contributed by atoms with Crippen molar-refractivity contribution in [2.75, 3.05) is 0 Å². The van der Waals surface area contributed by atoms with Crippen LogP contribution < -0.4 is 5.56 Å². The van der Waals surface area contributed by atoms with Crippen LogP contribution in [0.25, 0.3) is 16.8 Å². The van der Waals surface area contributed by atoms with Crippen molar-refractivity contribution in [1.82, 2.24) is 14.6 Å². The fourth-order valence-corrected chi connectivity index (χ4v) is 1.96. The van der Waals surface area contributed by atoms with Gasteiger partial charge in [0, 0.05) is 23.5 Å². The average molecular weight is 243 g/mol. The van der Waals surface area contributed by atoms with Crippen molar-refractivity contribution in [3.8, 4) is 11.1 Å². The van der Waals surface area contributed by atoms with Crippen molar-refractivity contribution in [3.63, 3.8) is 0 Å². The van der Waals surface area contributed by atoms with E-state index >= 15 is 0 Å². The van der Waals surface area contributed by atoms with Crippen LogP contribution >= 0.6 is 0 Å². The normalized spacial score (nSPS) is 11.0. The molecular weight excluding hydrogens is 233 g/mol. The highest BCUT2D eigenvalue weighted by Crippen LogP contribution is 2.23. The molecule has 0 amide bonds. The first kappa shape index (κ1) is 10.7. The molecule has 0 unspecified atom stereocenters. The molecule has 4 nitrogen and oxygen atoms in total. The SMILES string of the molecule is Cc1cc(=O)n2[nH]cc(-c3cccc(F)c3)c2n1. The monoisotopic (exact) mass is 243 g/mol. The molecule has 5 heteroatoms. The van der Waals surface area contributed by atoms with Gasteiger partial charge in [0.25, 0.3) is 5.56 Å². The predicted octanol–water partition coefficient (Wildman–Crippen LogP) is 2.14. The van der Waals surface area contributed by atoms with Crippen molar-refractivity contribution in [1.29, 1.82) is 0 Å². The summed E-state index contributed by atoms with van der Waals surface area (Å²) in [4.78, 5) is 16.0. The zero-order chi connectivity index (χ0) is 12.7. The Labute approximate surface area is 102 Å². The lowest BCUT2D eigenvalue weighted by Crippen LogP contribution is -2.14. The Morgan fingerprint density at radius 1 is 1.33 bits per heavy atom. The summed E-state index contributed by atoms with van der Waals surface area (Å²) < 4.78 is 14.6. The van der Waals surface area contributed by atoms with Crippen molar-refractivity contribution >= 4 is 5.65 Å². The second kappa shape index (κ2) is 3.80. The molecule has 0 saturated carbocycles. The predicted molar refractivity (Wildman–Crippen MR) is 65.9 cm³/mol. The van der Waals surface area contributed by atoms with Gasteiger partial charge in [-0.1, -0.05) is 12.1 Å². The van der Waals surface area contributed by atoms with E-state index in [2.05, 4.69) is 10.1 Å². The Balaban J connectivity index is 2.34. The maximum atomic E-state index is 13.2. The van der Waals surface area contributed by atoms with E-state index < -0.39 is 0 Å². The van der Waals surface area contributed by atoms with Crippen LogP contribution in [0.3, 0.4) is 0 Å². The van der Waals surface area contributed by atoms with Gasteiger partial charge in [-0.25, -0.2) is 13.9 Å². The number of H-pyrrole nitrogens is 1. The molecule has 1 N–H and O–H groups in total. The molecule has 1 aromatic carbocycles. The Kier molecular flexibility index (Phi) is 2.26. The van der Waals surface area contributed by atoms with Crippen LogP contribution in [0.4, 0.5) is 4.39 Å². The maximum Gasteiger partial charge on any atom is 0.272 e. The lowest BCUT2D eigenvalue weighted by Gasteiger charge is -1.99. The van der Waals surface area contributed by atoms with Gasteiger partial charge >= 0.3 is 0 Å². The van der Waals surface area contributed by atoms with E-state index in [1.165, 1.54) is 22.7 Å². The number of rotatable bonds is 1. The summed E-state index contributed by atoms with van der Waals surface area (Å²) in [6.45, 7) is 1.75. The van der Waals surface area contributed by atoms with Crippen LogP contribution in [-0.4, -0.2) is 14.6 Å². The third kappa shape index (κ3) is 1.60. The van der Waals surface area contributed by atoms with Gasteiger partial charge in [-0.15, -0.1) is 0 Å². The van der Waals surface area contributed by atoms with E-state index in [-0.39, 0.29) is 11.4 Å². The molecule has 3 aromatic rings. The molecule has 3 rings (SSSR count). The minimum atomic E-state index is -0.318. The van der Waals surface area contributed by atoms with Gasteiger partial charge in [-0.2, -0.15) is 0 Å². The topological polar surface area (TPSA) is 50.2 Å². The van der Waals surface area contributed by atoms with Crippen molar-refractivity contribution in [2.24, 2.45) is 0 Å².